The molecular weight excluding hydrogens is 661 g/mol. The van der Waals surface area contributed by atoms with Crippen molar-refractivity contribution in [3.63, 3.8) is 0 Å². The van der Waals surface area contributed by atoms with Crippen molar-refractivity contribution in [2.75, 3.05) is 0 Å². The summed E-state index contributed by atoms with van der Waals surface area (Å²) in [5.74, 6) is -1.69. The summed E-state index contributed by atoms with van der Waals surface area (Å²) in [6.45, 7) is 8.98. The molecule has 0 amide bonds. The highest BCUT2D eigenvalue weighted by Gasteiger charge is 2.21. The fraction of sp³-hybridized carbons (Fsp3) is 0.194. The average Bonchev–Trinajstić information content (AvgIpc) is 2.99. The van der Waals surface area contributed by atoms with Gasteiger partial charge in [-0.25, -0.2) is 8.78 Å². The van der Waals surface area contributed by atoms with Gasteiger partial charge in [0.2, 0.25) is 0 Å². The second-order valence-corrected chi connectivity index (χ2v) is 13.1. The van der Waals surface area contributed by atoms with E-state index in [2.05, 4.69) is 9.17 Å². The Morgan fingerprint density at radius 1 is 0.792 bits per heavy atom. The van der Waals surface area contributed by atoms with Crippen LogP contribution in [0.1, 0.15) is 67.3 Å². The molecule has 0 spiro atoms. The van der Waals surface area contributed by atoms with Crippen LogP contribution in [0.2, 0.25) is 0 Å². The van der Waals surface area contributed by atoms with Crippen molar-refractivity contribution in [3.8, 4) is 22.6 Å². The molecule has 0 aliphatic heterocycles. The van der Waals surface area contributed by atoms with Crippen molar-refractivity contribution in [3.05, 3.63) is 125 Å². The molecular formula is C36H35F2NO7S2. The predicted molar refractivity (Wildman–Crippen MR) is 185 cm³/mol. The molecule has 0 bridgehead atoms. The van der Waals surface area contributed by atoms with Gasteiger partial charge in [-0.2, -0.15) is 12.6 Å². The van der Waals surface area contributed by atoms with Gasteiger partial charge in [-0.1, -0.05) is 82.3 Å². The Bertz CT molecular complexity index is 2080. The zero-order valence-electron chi connectivity index (χ0n) is 26.8. The Hall–Kier alpha value is -4.49. The molecule has 0 saturated carbocycles. The first-order chi connectivity index (χ1) is 22.6. The van der Waals surface area contributed by atoms with Gasteiger partial charge in [0.05, 0.1) is 5.52 Å². The summed E-state index contributed by atoms with van der Waals surface area (Å²) in [6, 6.07) is 22.6. The van der Waals surface area contributed by atoms with Gasteiger partial charge in [0, 0.05) is 22.7 Å². The maximum Gasteiger partial charge on any atom is 0.446 e. The van der Waals surface area contributed by atoms with Crippen molar-refractivity contribution in [2.45, 2.75) is 46.5 Å². The van der Waals surface area contributed by atoms with E-state index in [1.807, 2.05) is 55.5 Å². The van der Waals surface area contributed by atoms with Crippen molar-refractivity contribution in [1.82, 2.24) is 4.98 Å². The third-order valence-corrected chi connectivity index (χ3v) is 7.99. The number of nitrogens with zero attached hydrogens (tertiary/aromatic N) is 1. The Morgan fingerprint density at radius 3 is 2.04 bits per heavy atom. The topological polar surface area (TPSA) is 123 Å². The van der Waals surface area contributed by atoms with Crippen LogP contribution in [0.4, 0.5) is 8.78 Å². The van der Waals surface area contributed by atoms with Crippen molar-refractivity contribution < 1.29 is 38.9 Å². The van der Waals surface area contributed by atoms with E-state index in [4.69, 9.17) is 13.3 Å². The first-order valence-electron chi connectivity index (χ1n) is 14.8. The quantitative estimate of drug-likeness (QED) is 0.0889. The lowest BCUT2D eigenvalue weighted by Crippen LogP contribution is -2.10. The number of halogens is 2. The SMILES string of the molecule is CC(C)c1c(F)cc(/C=C/c2ccccc2)cc1OS(=O)O.Cc1ccnc2cc(-c3cc(F)c(C(C)C)c(OS(=O)(=O)O)c3)ccc12. The van der Waals surface area contributed by atoms with Gasteiger partial charge in [-0.3, -0.25) is 14.1 Å². The van der Waals surface area contributed by atoms with Gasteiger partial charge in [0.15, 0.2) is 5.75 Å². The summed E-state index contributed by atoms with van der Waals surface area (Å²) in [7, 11) is -4.77. The van der Waals surface area contributed by atoms with Crippen LogP contribution in [0.25, 0.3) is 34.2 Å². The van der Waals surface area contributed by atoms with Crippen LogP contribution in [0, 0.1) is 18.6 Å². The van der Waals surface area contributed by atoms with E-state index in [1.54, 1.807) is 58.2 Å². The molecule has 12 heteroatoms. The van der Waals surface area contributed by atoms with Crippen molar-refractivity contribution in [1.29, 1.82) is 0 Å². The van der Waals surface area contributed by atoms with Crippen LogP contribution in [-0.2, 0) is 21.8 Å². The molecule has 2 N–H and O–H groups in total. The fourth-order valence-corrected chi connectivity index (χ4v) is 5.80. The summed E-state index contributed by atoms with van der Waals surface area (Å²) in [4.78, 5) is 4.32. The minimum atomic E-state index is -4.77. The maximum absolute atomic E-state index is 14.6. The van der Waals surface area contributed by atoms with Crippen LogP contribution in [0.15, 0.2) is 85.1 Å². The summed E-state index contributed by atoms with van der Waals surface area (Å²) in [6.07, 6.45) is 5.26. The Kier molecular flexibility index (Phi) is 11.8. The Balaban J connectivity index is 0.000000220. The summed E-state index contributed by atoms with van der Waals surface area (Å²) >= 11 is -2.49. The van der Waals surface area contributed by atoms with Crippen LogP contribution in [0.5, 0.6) is 11.5 Å². The smallest absolute Gasteiger partial charge is 0.380 e. The molecule has 5 rings (SSSR count). The minimum Gasteiger partial charge on any atom is -0.380 e. The van der Waals surface area contributed by atoms with Gasteiger partial charge >= 0.3 is 21.8 Å². The molecule has 4 aromatic carbocycles. The van der Waals surface area contributed by atoms with E-state index < -0.39 is 33.4 Å². The van der Waals surface area contributed by atoms with E-state index in [9.17, 15) is 21.4 Å². The molecule has 0 aliphatic rings. The molecule has 252 valence electrons. The lowest BCUT2D eigenvalue weighted by Gasteiger charge is -2.15. The third kappa shape index (κ3) is 9.54. The van der Waals surface area contributed by atoms with Crippen molar-refractivity contribution >= 4 is 44.8 Å². The highest BCUT2D eigenvalue weighted by molar-refractivity contribution is 7.81. The van der Waals surface area contributed by atoms with E-state index in [0.717, 1.165) is 22.0 Å². The number of hydrogen-bond donors (Lipinski definition) is 2. The standard InChI is InChI=1S/C19H18FNO4S.C17H17FO3S/c1-11(2)19-16(20)8-14(10-18(19)25-26(22,23)24)13-4-5-15-12(3)6-7-21-17(15)9-13;1-12(2)17-15(18)10-14(11-16(17)21-22(19)20)9-8-13-6-4-3-5-7-13/h4-11H,1-3H3,(H,22,23,24);3-12H,1-2H3,(H,19,20)/b;9-8+. The number of pyridine rings is 1. The van der Waals surface area contributed by atoms with E-state index in [1.165, 1.54) is 18.2 Å². The van der Waals surface area contributed by atoms with Gasteiger partial charge < -0.3 is 8.37 Å². The zero-order valence-corrected chi connectivity index (χ0v) is 28.5. The fourth-order valence-electron chi connectivity index (χ4n) is 5.14. The molecule has 48 heavy (non-hydrogen) atoms. The third-order valence-electron chi connectivity index (χ3n) is 7.28. The molecule has 8 nitrogen and oxygen atoms in total. The molecule has 1 unspecified atom stereocenters. The first-order valence-corrected chi connectivity index (χ1v) is 17.2. The van der Waals surface area contributed by atoms with E-state index >= 15 is 0 Å². The van der Waals surface area contributed by atoms with Gasteiger partial charge in [-0.15, -0.1) is 0 Å². The largest absolute Gasteiger partial charge is 0.446 e. The maximum atomic E-state index is 14.6. The molecule has 0 fully saturated rings. The molecule has 1 atom stereocenters. The highest BCUT2D eigenvalue weighted by Crippen LogP contribution is 2.36. The second-order valence-electron chi connectivity index (χ2n) is 11.5. The van der Waals surface area contributed by atoms with Crippen LogP contribution < -0.4 is 8.37 Å². The molecule has 0 radical (unpaired) electrons. The Labute approximate surface area is 281 Å². The molecule has 5 aromatic rings. The molecule has 0 saturated heterocycles. The number of fused-ring (bicyclic) bond motifs is 1. The number of aromatic nitrogens is 1. The lowest BCUT2D eigenvalue weighted by atomic mass is 9.96. The van der Waals surface area contributed by atoms with Gasteiger partial charge in [0.25, 0.3) is 0 Å². The number of benzene rings is 4. The van der Waals surface area contributed by atoms with Gasteiger partial charge in [0.1, 0.15) is 17.4 Å². The number of hydrogen-bond acceptors (Lipinski definition) is 6. The minimum absolute atomic E-state index is 0.0844. The lowest BCUT2D eigenvalue weighted by molar-refractivity contribution is 0.383. The highest BCUT2D eigenvalue weighted by atomic mass is 32.3. The predicted octanol–water partition coefficient (Wildman–Crippen LogP) is 9.29. The second kappa shape index (κ2) is 15.6. The molecule has 1 aromatic heterocycles. The summed E-state index contributed by atoms with van der Waals surface area (Å²) < 4.78 is 89.4. The first kappa shape index (κ1) is 36.3. The number of aryl methyl sites for hydroxylation is 1. The van der Waals surface area contributed by atoms with Crippen LogP contribution in [-0.4, -0.2) is 26.7 Å². The monoisotopic (exact) mass is 695 g/mol. The molecule has 1 heterocycles. The van der Waals surface area contributed by atoms with E-state index in [-0.39, 0.29) is 28.9 Å². The van der Waals surface area contributed by atoms with E-state index in [0.29, 0.717) is 22.3 Å². The summed E-state index contributed by atoms with van der Waals surface area (Å²) in [5.41, 5.74) is 4.81. The normalized spacial score (nSPS) is 12.3. The van der Waals surface area contributed by atoms with Gasteiger partial charge in [-0.05, 0) is 83.0 Å². The van der Waals surface area contributed by atoms with Crippen molar-refractivity contribution in [2.24, 2.45) is 0 Å². The number of rotatable bonds is 9. The molecule has 0 aliphatic carbocycles. The zero-order chi connectivity index (χ0) is 35.2. The average molecular weight is 696 g/mol. The van der Waals surface area contributed by atoms with Crippen LogP contribution >= 0.6 is 0 Å². The Morgan fingerprint density at radius 2 is 1.42 bits per heavy atom. The van der Waals surface area contributed by atoms with Crippen LogP contribution in [0.3, 0.4) is 0 Å². The summed E-state index contributed by atoms with van der Waals surface area (Å²) in [5, 5.41) is 0.977.